The van der Waals surface area contributed by atoms with Gasteiger partial charge in [-0.15, -0.1) is 0 Å². The highest BCUT2D eigenvalue weighted by Crippen LogP contribution is 2.20. The molecule has 0 fully saturated rings. The maximum atomic E-state index is 12.4. The predicted molar refractivity (Wildman–Crippen MR) is 95.7 cm³/mol. The van der Waals surface area contributed by atoms with Gasteiger partial charge < -0.3 is 5.32 Å². The van der Waals surface area contributed by atoms with Crippen LogP contribution in [0.5, 0.6) is 0 Å². The van der Waals surface area contributed by atoms with E-state index in [9.17, 15) is 4.79 Å². The highest BCUT2D eigenvalue weighted by molar-refractivity contribution is 14.1. The molecule has 1 amide bonds. The molecule has 0 aromatic heterocycles. The van der Waals surface area contributed by atoms with Gasteiger partial charge in [-0.05, 0) is 73.5 Å². The van der Waals surface area contributed by atoms with Gasteiger partial charge in [-0.1, -0.05) is 35.4 Å². The number of benzene rings is 2. The smallest absolute Gasteiger partial charge is 0.252 e. The zero-order valence-electron chi connectivity index (χ0n) is 12.8. The molecule has 1 N–H and O–H groups in total. The Hall–Kier alpha value is -1.36. The number of hydrogen-bond donors (Lipinski definition) is 1. The zero-order chi connectivity index (χ0) is 15.6. The van der Waals surface area contributed by atoms with Gasteiger partial charge in [0.15, 0.2) is 0 Å². The molecule has 110 valence electrons. The molecule has 0 aliphatic rings. The average molecular weight is 393 g/mol. The summed E-state index contributed by atoms with van der Waals surface area (Å²) in [6.07, 6.45) is 0. The lowest BCUT2D eigenvalue weighted by atomic mass is 9.99. The van der Waals surface area contributed by atoms with Crippen LogP contribution in [0.15, 0.2) is 36.4 Å². The quantitative estimate of drug-likeness (QED) is 0.753. The second-order valence-electron chi connectivity index (χ2n) is 5.54. The molecular formula is C18H20INO. The summed E-state index contributed by atoms with van der Waals surface area (Å²) in [7, 11) is 0. The lowest BCUT2D eigenvalue weighted by molar-refractivity contribution is 0.0939. The Balaban J connectivity index is 2.20. The van der Waals surface area contributed by atoms with Crippen LogP contribution in [0, 0.1) is 24.3 Å². The fraction of sp³-hybridized carbons (Fsp3) is 0.278. The lowest BCUT2D eigenvalue weighted by Crippen LogP contribution is -2.27. The largest absolute Gasteiger partial charge is 0.345 e. The molecule has 0 saturated heterocycles. The normalized spacial score (nSPS) is 12.0. The van der Waals surface area contributed by atoms with E-state index in [4.69, 9.17) is 0 Å². The van der Waals surface area contributed by atoms with E-state index < -0.39 is 0 Å². The Labute approximate surface area is 140 Å². The van der Waals surface area contributed by atoms with Crippen LogP contribution in [-0.4, -0.2) is 5.91 Å². The summed E-state index contributed by atoms with van der Waals surface area (Å²) in [6.45, 7) is 8.21. The van der Waals surface area contributed by atoms with Gasteiger partial charge in [0.25, 0.3) is 5.91 Å². The Morgan fingerprint density at radius 1 is 1.05 bits per heavy atom. The first kappa shape index (κ1) is 16.0. The Morgan fingerprint density at radius 3 is 2.33 bits per heavy atom. The van der Waals surface area contributed by atoms with Gasteiger partial charge in [0, 0.05) is 3.57 Å². The second kappa shape index (κ2) is 6.60. The molecule has 1 atom stereocenters. The standard InChI is InChI=1S/C18H20INO/c1-11-5-7-13(3)16(9-11)14(4)20-18(21)15-8-6-12(2)10-17(15)19/h5-10,14H,1-4H3,(H,20,21)/t14-/m0/s1. The summed E-state index contributed by atoms with van der Waals surface area (Å²) < 4.78 is 0.985. The van der Waals surface area contributed by atoms with Gasteiger partial charge in [-0.3, -0.25) is 4.79 Å². The summed E-state index contributed by atoms with van der Waals surface area (Å²) in [5, 5.41) is 3.10. The maximum Gasteiger partial charge on any atom is 0.252 e. The number of aryl methyl sites for hydroxylation is 3. The third kappa shape index (κ3) is 3.84. The van der Waals surface area contributed by atoms with E-state index in [1.54, 1.807) is 0 Å². The number of amides is 1. The van der Waals surface area contributed by atoms with Crippen molar-refractivity contribution in [1.29, 1.82) is 0 Å². The molecule has 0 bridgehead atoms. The topological polar surface area (TPSA) is 29.1 Å². The van der Waals surface area contributed by atoms with Crippen molar-refractivity contribution in [1.82, 2.24) is 5.32 Å². The molecule has 3 heteroatoms. The van der Waals surface area contributed by atoms with Crippen LogP contribution < -0.4 is 5.32 Å². The zero-order valence-corrected chi connectivity index (χ0v) is 15.0. The van der Waals surface area contributed by atoms with E-state index in [-0.39, 0.29) is 11.9 Å². The molecular weight excluding hydrogens is 373 g/mol. The third-order valence-electron chi connectivity index (χ3n) is 3.62. The Bertz CT molecular complexity index is 679. The van der Waals surface area contributed by atoms with Crippen molar-refractivity contribution >= 4 is 28.5 Å². The van der Waals surface area contributed by atoms with Crippen molar-refractivity contribution in [3.05, 3.63) is 67.8 Å². The predicted octanol–water partition coefficient (Wildman–Crippen LogP) is 4.71. The number of halogens is 1. The van der Waals surface area contributed by atoms with E-state index in [2.05, 4.69) is 60.0 Å². The van der Waals surface area contributed by atoms with Gasteiger partial charge >= 0.3 is 0 Å². The molecule has 2 aromatic rings. The first-order chi connectivity index (χ1) is 9.88. The summed E-state index contributed by atoms with van der Waals surface area (Å²) in [6, 6.07) is 12.2. The fourth-order valence-electron chi connectivity index (χ4n) is 2.38. The number of carbonyl (C=O) groups is 1. The summed E-state index contributed by atoms with van der Waals surface area (Å²) in [5.41, 5.74) is 5.48. The van der Waals surface area contributed by atoms with E-state index in [1.165, 1.54) is 22.3 Å². The van der Waals surface area contributed by atoms with Crippen LogP contribution in [0.25, 0.3) is 0 Å². The lowest BCUT2D eigenvalue weighted by Gasteiger charge is -2.18. The average Bonchev–Trinajstić information content (AvgIpc) is 2.41. The van der Waals surface area contributed by atoms with E-state index in [0.29, 0.717) is 0 Å². The summed E-state index contributed by atoms with van der Waals surface area (Å²) in [4.78, 5) is 12.4. The summed E-state index contributed by atoms with van der Waals surface area (Å²) in [5.74, 6) is -0.0205. The SMILES string of the molecule is Cc1ccc(C(=O)N[C@@H](C)c2cc(C)ccc2C)c(I)c1. The molecule has 2 rings (SSSR count). The van der Waals surface area contributed by atoms with Gasteiger partial charge in [0.2, 0.25) is 0 Å². The van der Waals surface area contributed by atoms with Crippen LogP contribution in [0.4, 0.5) is 0 Å². The van der Waals surface area contributed by atoms with E-state index in [0.717, 1.165) is 9.13 Å². The van der Waals surface area contributed by atoms with Crippen molar-refractivity contribution in [2.45, 2.75) is 33.7 Å². The van der Waals surface area contributed by atoms with Crippen molar-refractivity contribution in [2.75, 3.05) is 0 Å². The van der Waals surface area contributed by atoms with Crippen LogP contribution in [-0.2, 0) is 0 Å². The monoisotopic (exact) mass is 393 g/mol. The van der Waals surface area contributed by atoms with Crippen LogP contribution in [0.2, 0.25) is 0 Å². The molecule has 2 aromatic carbocycles. The number of carbonyl (C=O) groups excluding carboxylic acids is 1. The molecule has 0 heterocycles. The van der Waals surface area contributed by atoms with Crippen LogP contribution >= 0.6 is 22.6 Å². The molecule has 0 aliphatic carbocycles. The fourth-order valence-corrected chi connectivity index (χ4v) is 3.30. The van der Waals surface area contributed by atoms with Crippen molar-refractivity contribution in [3.8, 4) is 0 Å². The van der Waals surface area contributed by atoms with Gasteiger partial charge in [0.05, 0.1) is 11.6 Å². The van der Waals surface area contributed by atoms with Gasteiger partial charge in [-0.25, -0.2) is 0 Å². The molecule has 0 aliphatic heterocycles. The molecule has 2 nitrogen and oxygen atoms in total. The number of rotatable bonds is 3. The van der Waals surface area contributed by atoms with Crippen LogP contribution in [0.1, 0.15) is 45.6 Å². The molecule has 0 spiro atoms. The maximum absolute atomic E-state index is 12.4. The van der Waals surface area contributed by atoms with Crippen molar-refractivity contribution in [2.24, 2.45) is 0 Å². The highest BCUT2D eigenvalue weighted by atomic mass is 127. The molecule has 0 saturated carbocycles. The second-order valence-corrected chi connectivity index (χ2v) is 6.70. The number of hydrogen-bond acceptors (Lipinski definition) is 1. The minimum Gasteiger partial charge on any atom is -0.345 e. The first-order valence-corrected chi connectivity index (χ1v) is 8.10. The molecule has 0 unspecified atom stereocenters. The van der Waals surface area contributed by atoms with Gasteiger partial charge in [-0.2, -0.15) is 0 Å². The van der Waals surface area contributed by atoms with E-state index in [1.807, 2.05) is 32.0 Å². The molecule has 21 heavy (non-hydrogen) atoms. The first-order valence-electron chi connectivity index (χ1n) is 7.02. The molecule has 0 radical (unpaired) electrons. The highest BCUT2D eigenvalue weighted by Gasteiger charge is 2.15. The minimum absolute atomic E-state index is 0.00509. The third-order valence-corrected chi connectivity index (χ3v) is 4.51. The summed E-state index contributed by atoms with van der Waals surface area (Å²) >= 11 is 2.21. The van der Waals surface area contributed by atoms with Crippen molar-refractivity contribution < 1.29 is 4.79 Å². The number of nitrogens with one attached hydrogen (secondary N) is 1. The van der Waals surface area contributed by atoms with E-state index >= 15 is 0 Å². The van der Waals surface area contributed by atoms with Gasteiger partial charge in [0.1, 0.15) is 0 Å². The Kier molecular flexibility index (Phi) is 5.04. The Morgan fingerprint density at radius 2 is 1.67 bits per heavy atom. The van der Waals surface area contributed by atoms with Crippen molar-refractivity contribution in [3.63, 3.8) is 0 Å². The minimum atomic E-state index is -0.0205. The van der Waals surface area contributed by atoms with Crippen LogP contribution in [0.3, 0.4) is 0 Å².